The largest absolute Gasteiger partial charge is 0.482 e. The minimum absolute atomic E-state index is 0.00623. The van der Waals surface area contributed by atoms with E-state index in [2.05, 4.69) is 50.4 Å². The molecule has 5 nitrogen and oxygen atoms in total. The minimum atomic E-state index is -0.106. The number of nitrogens with zero attached hydrogens (tertiary/aromatic N) is 1. The molecule has 5 heteroatoms. The van der Waals surface area contributed by atoms with Gasteiger partial charge in [-0.3, -0.25) is 9.59 Å². The van der Waals surface area contributed by atoms with Crippen molar-refractivity contribution in [1.29, 1.82) is 0 Å². The van der Waals surface area contributed by atoms with E-state index >= 15 is 0 Å². The molecule has 2 amide bonds. The van der Waals surface area contributed by atoms with Gasteiger partial charge in [-0.05, 0) is 53.5 Å². The van der Waals surface area contributed by atoms with E-state index in [-0.39, 0.29) is 29.9 Å². The molecule has 0 aromatic heterocycles. The molecular weight excluding hydrogens is 448 g/mol. The fraction of sp³-hybridized carbons (Fsp3) is 0.355. The molecule has 1 aliphatic heterocycles. The van der Waals surface area contributed by atoms with Crippen LogP contribution in [-0.4, -0.2) is 25.0 Å². The molecule has 3 aromatic carbocycles. The summed E-state index contributed by atoms with van der Waals surface area (Å²) in [6, 6.07) is 26.3. The van der Waals surface area contributed by atoms with E-state index in [1.807, 2.05) is 54.6 Å². The summed E-state index contributed by atoms with van der Waals surface area (Å²) >= 11 is 0. The third-order valence-corrected chi connectivity index (χ3v) is 7.17. The molecule has 4 rings (SSSR count). The number of nitrogens with one attached hydrogen (secondary N) is 1. The maximum Gasteiger partial charge on any atom is 0.265 e. The van der Waals surface area contributed by atoms with Gasteiger partial charge < -0.3 is 15.0 Å². The van der Waals surface area contributed by atoms with Gasteiger partial charge in [0.1, 0.15) is 5.75 Å². The molecule has 0 bridgehead atoms. The minimum Gasteiger partial charge on any atom is -0.482 e. The van der Waals surface area contributed by atoms with Crippen LogP contribution in [0.1, 0.15) is 62.8 Å². The molecule has 0 unspecified atom stereocenters. The molecule has 36 heavy (non-hydrogen) atoms. The summed E-state index contributed by atoms with van der Waals surface area (Å²) in [6.07, 6.45) is 2.64. The Morgan fingerprint density at radius 3 is 2.42 bits per heavy atom. The van der Waals surface area contributed by atoms with Crippen LogP contribution in [0.15, 0.2) is 78.9 Å². The predicted molar refractivity (Wildman–Crippen MR) is 144 cm³/mol. The second-order valence-electron chi connectivity index (χ2n) is 10.1. The van der Waals surface area contributed by atoms with Gasteiger partial charge in [0.25, 0.3) is 5.91 Å². The molecule has 1 N–H and O–H groups in total. The molecule has 1 atom stereocenters. The standard InChI is InChI=1S/C31H36N2O3/c1-4-31(2,3)25-17-18-28-27(21-25)33(30(35)22-36-28)19-11-16-29(34)32-26(24-14-9-6-10-15-24)20-23-12-7-5-8-13-23/h5-10,12-15,17-18,21,26H,4,11,16,19-20,22H2,1-3H3,(H,32,34)/t26-/m0/s1. The van der Waals surface area contributed by atoms with Gasteiger partial charge in [0.2, 0.25) is 5.91 Å². The van der Waals surface area contributed by atoms with Crippen molar-refractivity contribution < 1.29 is 14.3 Å². The first-order valence-electron chi connectivity index (χ1n) is 12.8. The zero-order valence-corrected chi connectivity index (χ0v) is 21.5. The topological polar surface area (TPSA) is 58.6 Å². The number of carbonyl (C=O) groups is 2. The molecule has 0 saturated heterocycles. The average molecular weight is 485 g/mol. The van der Waals surface area contributed by atoms with Gasteiger partial charge in [-0.25, -0.2) is 0 Å². The maximum atomic E-state index is 13.0. The number of anilines is 1. The summed E-state index contributed by atoms with van der Waals surface area (Å²) in [4.78, 5) is 27.5. The maximum absolute atomic E-state index is 13.0. The number of hydrogen-bond donors (Lipinski definition) is 1. The van der Waals surface area contributed by atoms with Crippen LogP contribution in [0.2, 0.25) is 0 Å². The molecule has 0 fully saturated rings. The highest BCUT2D eigenvalue weighted by Gasteiger charge is 2.28. The number of rotatable bonds is 10. The number of amides is 2. The van der Waals surface area contributed by atoms with Crippen molar-refractivity contribution >= 4 is 17.5 Å². The third-order valence-electron chi connectivity index (χ3n) is 7.17. The Labute approximate surface area is 214 Å². The van der Waals surface area contributed by atoms with Crippen molar-refractivity contribution in [3.63, 3.8) is 0 Å². The summed E-state index contributed by atoms with van der Waals surface area (Å²) in [5.74, 6) is 0.642. The zero-order valence-electron chi connectivity index (χ0n) is 21.5. The van der Waals surface area contributed by atoms with Crippen LogP contribution in [0.3, 0.4) is 0 Å². The molecule has 188 valence electrons. The van der Waals surface area contributed by atoms with Crippen LogP contribution < -0.4 is 15.0 Å². The van der Waals surface area contributed by atoms with Gasteiger partial charge in [0, 0.05) is 13.0 Å². The fourth-order valence-corrected chi connectivity index (χ4v) is 4.52. The first-order chi connectivity index (χ1) is 17.4. The van der Waals surface area contributed by atoms with Crippen molar-refractivity contribution in [2.24, 2.45) is 0 Å². The van der Waals surface area contributed by atoms with Crippen molar-refractivity contribution in [1.82, 2.24) is 5.32 Å². The Morgan fingerprint density at radius 1 is 1.03 bits per heavy atom. The van der Waals surface area contributed by atoms with Crippen molar-refractivity contribution in [2.75, 3.05) is 18.1 Å². The predicted octanol–water partition coefficient (Wildman–Crippen LogP) is 5.98. The average Bonchev–Trinajstić information content (AvgIpc) is 2.90. The molecular formula is C31H36N2O3. The Morgan fingerprint density at radius 2 is 1.72 bits per heavy atom. The van der Waals surface area contributed by atoms with Crippen molar-refractivity contribution in [3.8, 4) is 5.75 Å². The summed E-state index contributed by atoms with van der Waals surface area (Å²) in [6.45, 7) is 7.08. The quantitative estimate of drug-likeness (QED) is 0.385. The summed E-state index contributed by atoms with van der Waals surface area (Å²) < 4.78 is 5.68. The van der Waals surface area contributed by atoms with Crippen LogP contribution in [0.5, 0.6) is 5.75 Å². The highest BCUT2D eigenvalue weighted by molar-refractivity contribution is 5.98. The fourth-order valence-electron chi connectivity index (χ4n) is 4.52. The summed E-state index contributed by atoms with van der Waals surface area (Å²) in [5, 5.41) is 3.22. The lowest BCUT2D eigenvalue weighted by Gasteiger charge is -2.32. The first-order valence-corrected chi connectivity index (χ1v) is 12.8. The molecule has 0 spiro atoms. The summed E-state index contributed by atoms with van der Waals surface area (Å²) in [7, 11) is 0. The van der Waals surface area contributed by atoms with Crippen LogP contribution >= 0.6 is 0 Å². The van der Waals surface area contributed by atoms with E-state index in [0.717, 1.165) is 29.8 Å². The highest BCUT2D eigenvalue weighted by atomic mass is 16.5. The SMILES string of the molecule is CCC(C)(C)c1ccc2c(c1)N(CCCC(=O)N[C@@H](Cc1ccccc1)c1ccccc1)C(=O)CO2. The number of fused-ring (bicyclic) bond motifs is 1. The normalized spacial score (nSPS) is 14.1. The lowest BCUT2D eigenvalue weighted by Crippen LogP contribution is -2.40. The van der Waals surface area contributed by atoms with Crippen molar-refractivity contribution in [2.45, 2.75) is 57.9 Å². The van der Waals surface area contributed by atoms with Gasteiger partial charge in [-0.1, -0.05) is 87.5 Å². The number of carbonyl (C=O) groups excluding carboxylic acids is 2. The van der Waals surface area contributed by atoms with Crippen LogP contribution in [-0.2, 0) is 21.4 Å². The number of hydrogen-bond acceptors (Lipinski definition) is 3. The van der Waals surface area contributed by atoms with E-state index in [1.165, 1.54) is 11.1 Å². The van der Waals surface area contributed by atoms with Gasteiger partial charge in [0.15, 0.2) is 6.61 Å². The Hall–Kier alpha value is -3.60. The molecule has 0 saturated carbocycles. The van der Waals surface area contributed by atoms with Crippen LogP contribution in [0.25, 0.3) is 0 Å². The third kappa shape index (κ3) is 6.14. The molecule has 1 heterocycles. The molecule has 0 aliphatic carbocycles. The van der Waals surface area contributed by atoms with Gasteiger partial charge >= 0.3 is 0 Å². The van der Waals surface area contributed by atoms with E-state index in [0.29, 0.717) is 19.4 Å². The monoisotopic (exact) mass is 484 g/mol. The van der Waals surface area contributed by atoms with Gasteiger partial charge in [-0.15, -0.1) is 0 Å². The zero-order chi connectivity index (χ0) is 25.5. The molecule has 0 radical (unpaired) electrons. The van der Waals surface area contributed by atoms with Crippen molar-refractivity contribution in [3.05, 3.63) is 95.6 Å². The highest BCUT2D eigenvalue weighted by Crippen LogP contribution is 2.37. The Kier molecular flexibility index (Phi) is 8.09. The van der Waals surface area contributed by atoms with E-state index in [1.54, 1.807) is 4.90 Å². The molecule has 1 aliphatic rings. The lowest BCUT2D eigenvalue weighted by atomic mass is 9.82. The van der Waals surface area contributed by atoms with E-state index in [4.69, 9.17) is 4.74 Å². The van der Waals surface area contributed by atoms with Crippen LogP contribution in [0, 0.1) is 0 Å². The van der Waals surface area contributed by atoms with Gasteiger partial charge in [-0.2, -0.15) is 0 Å². The van der Waals surface area contributed by atoms with E-state index in [9.17, 15) is 9.59 Å². The Balaban J connectivity index is 1.41. The Bertz CT molecular complexity index is 1170. The first kappa shape index (κ1) is 25.5. The number of benzene rings is 3. The lowest BCUT2D eigenvalue weighted by molar-refractivity contribution is -0.123. The summed E-state index contributed by atoms with van der Waals surface area (Å²) in [5.41, 5.74) is 4.24. The second kappa shape index (κ2) is 11.4. The van der Waals surface area contributed by atoms with Crippen LogP contribution in [0.4, 0.5) is 5.69 Å². The number of ether oxygens (including phenoxy) is 1. The second-order valence-corrected chi connectivity index (χ2v) is 10.1. The van der Waals surface area contributed by atoms with Gasteiger partial charge in [0.05, 0.1) is 11.7 Å². The molecule has 3 aromatic rings. The van der Waals surface area contributed by atoms with E-state index < -0.39 is 0 Å². The smallest absolute Gasteiger partial charge is 0.265 e.